The summed E-state index contributed by atoms with van der Waals surface area (Å²) in [5.74, 6) is 0.986. The van der Waals surface area contributed by atoms with Crippen molar-refractivity contribution in [3.8, 4) is 5.75 Å². The third-order valence-corrected chi connectivity index (χ3v) is 8.52. The van der Waals surface area contributed by atoms with Crippen LogP contribution in [0.2, 0.25) is 5.02 Å². The van der Waals surface area contributed by atoms with Crippen LogP contribution in [0.1, 0.15) is 48.8 Å². The van der Waals surface area contributed by atoms with Gasteiger partial charge in [0, 0.05) is 6.54 Å². The van der Waals surface area contributed by atoms with Gasteiger partial charge in [0.1, 0.15) is 16.4 Å². The second kappa shape index (κ2) is 8.72. The van der Waals surface area contributed by atoms with Gasteiger partial charge in [0.25, 0.3) is 0 Å². The topological polar surface area (TPSA) is 121 Å². The Hall–Kier alpha value is -2.23. The van der Waals surface area contributed by atoms with Crippen molar-refractivity contribution in [1.82, 2.24) is 10.6 Å². The fourth-order valence-corrected chi connectivity index (χ4v) is 6.67. The number of furan rings is 1. The molecule has 2 aromatic rings. The van der Waals surface area contributed by atoms with Crippen molar-refractivity contribution in [3.63, 3.8) is 0 Å². The van der Waals surface area contributed by atoms with Gasteiger partial charge in [-0.05, 0) is 69.3 Å². The fraction of sp³-hybridized carbons (Fsp3) is 0.476. The lowest BCUT2D eigenvalue weighted by atomic mass is 9.94. The molecule has 31 heavy (non-hydrogen) atoms. The highest BCUT2D eigenvalue weighted by Gasteiger charge is 2.34. The zero-order valence-electron chi connectivity index (χ0n) is 17.2. The summed E-state index contributed by atoms with van der Waals surface area (Å²) < 4.78 is 31.9. The molecule has 2 amide bonds. The number of anilines is 1. The third kappa shape index (κ3) is 4.40. The van der Waals surface area contributed by atoms with Gasteiger partial charge in [-0.3, -0.25) is 0 Å². The van der Waals surface area contributed by atoms with Crippen molar-refractivity contribution in [1.29, 1.82) is 0 Å². The molecule has 0 saturated carbocycles. The molecule has 1 aromatic heterocycles. The Kier molecular flexibility index (Phi) is 6.18. The molecule has 0 bridgehead atoms. The molecule has 0 radical (unpaired) electrons. The second-order valence-electron chi connectivity index (χ2n) is 8.08. The van der Waals surface area contributed by atoms with E-state index in [4.69, 9.17) is 16.0 Å². The molecule has 4 N–H and O–H groups in total. The van der Waals surface area contributed by atoms with Crippen molar-refractivity contribution < 1.29 is 22.7 Å². The van der Waals surface area contributed by atoms with E-state index in [-0.39, 0.29) is 21.6 Å². The van der Waals surface area contributed by atoms with Crippen molar-refractivity contribution in [2.24, 2.45) is 0 Å². The van der Waals surface area contributed by atoms with E-state index in [1.54, 1.807) is 0 Å². The van der Waals surface area contributed by atoms with Gasteiger partial charge in [-0.2, -0.15) is 0 Å². The minimum Gasteiger partial charge on any atom is -0.504 e. The van der Waals surface area contributed by atoms with Gasteiger partial charge in [-0.15, -0.1) is 0 Å². The largest absolute Gasteiger partial charge is 0.504 e. The molecule has 1 aliphatic heterocycles. The van der Waals surface area contributed by atoms with Crippen LogP contribution in [0.4, 0.5) is 10.5 Å². The molecular formula is C21H26ClN3O5S. The normalized spacial score (nSPS) is 21.4. The maximum Gasteiger partial charge on any atom is 0.319 e. The number of aromatic hydroxyl groups is 1. The Balaban J connectivity index is 1.54. The Morgan fingerprint density at radius 3 is 2.84 bits per heavy atom. The number of halogens is 1. The van der Waals surface area contributed by atoms with Gasteiger partial charge in [0.2, 0.25) is 0 Å². The molecule has 2 heterocycles. The molecule has 10 heteroatoms. The lowest BCUT2D eigenvalue weighted by Crippen LogP contribution is -2.39. The molecule has 4 rings (SSSR count). The zero-order chi connectivity index (χ0) is 22.2. The van der Waals surface area contributed by atoms with Gasteiger partial charge in [-0.25, -0.2) is 13.2 Å². The number of amides is 2. The lowest BCUT2D eigenvalue weighted by molar-refractivity contribution is 0.243. The summed E-state index contributed by atoms with van der Waals surface area (Å²) in [6, 6.07) is 3.88. The molecule has 0 unspecified atom stereocenters. The number of piperidine rings is 1. The van der Waals surface area contributed by atoms with E-state index in [0.717, 1.165) is 49.3 Å². The number of phenols is 1. The number of hydrogen-bond donors (Lipinski definition) is 4. The number of benzene rings is 1. The van der Waals surface area contributed by atoms with E-state index in [1.807, 2.05) is 13.0 Å². The highest BCUT2D eigenvalue weighted by molar-refractivity contribution is 7.92. The molecule has 1 saturated heterocycles. The van der Waals surface area contributed by atoms with Gasteiger partial charge in [0.05, 0.1) is 22.0 Å². The van der Waals surface area contributed by atoms with Crippen LogP contribution in [0.5, 0.6) is 5.75 Å². The van der Waals surface area contributed by atoms with Crippen molar-refractivity contribution in [3.05, 3.63) is 40.3 Å². The summed E-state index contributed by atoms with van der Waals surface area (Å²) in [6.07, 6.45) is 3.75. The minimum atomic E-state index is -3.88. The van der Waals surface area contributed by atoms with E-state index in [0.29, 0.717) is 13.0 Å². The number of nitrogens with one attached hydrogen (secondary N) is 3. The minimum absolute atomic E-state index is 0.0177. The summed E-state index contributed by atoms with van der Waals surface area (Å²) in [7, 11) is -3.88. The number of sulfone groups is 1. The van der Waals surface area contributed by atoms with Crippen LogP contribution in [0.3, 0.4) is 0 Å². The van der Waals surface area contributed by atoms with Crippen LogP contribution in [0, 0.1) is 6.92 Å². The molecule has 0 spiro atoms. The first-order valence-electron chi connectivity index (χ1n) is 10.4. The predicted molar refractivity (Wildman–Crippen MR) is 117 cm³/mol. The van der Waals surface area contributed by atoms with Crippen LogP contribution in [0.25, 0.3) is 0 Å². The highest BCUT2D eigenvalue weighted by Crippen LogP contribution is 2.40. The first-order chi connectivity index (χ1) is 14.8. The van der Waals surface area contributed by atoms with E-state index < -0.39 is 26.9 Å². The Morgan fingerprint density at radius 1 is 1.29 bits per heavy atom. The second-order valence-corrected chi connectivity index (χ2v) is 10.6. The summed E-state index contributed by atoms with van der Waals surface area (Å²) in [5, 5.41) is 18.4. The number of fused-ring (bicyclic) bond motifs is 1. The molecular weight excluding hydrogens is 442 g/mol. The molecule has 8 nitrogen and oxygen atoms in total. The van der Waals surface area contributed by atoms with E-state index in [9.17, 15) is 18.3 Å². The monoisotopic (exact) mass is 467 g/mol. The van der Waals surface area contributed by atoms with Gasteiger partial charge in [0.15, 0.2) is 15.6 Å². The van der Waals surface area contributed by atoms with Gasteiger partial charge < -0.3 is 25.5 Å². The number of aryl methyl sites for hydroxylation is 2. The number of carbonyl (C=O) groups is 1. The van der Waals surface area contributed by atoms with Crippen LogP contribution >= 0.6 is 11.6 Å². The number of carbonyl (C=O) groups excluding carboxylic acids is 1. The van der Waals surface area contributed by atoms with E-state index in [2.05, 4.69) is 16.0 Å². The molecule has 1 aromatic carbocycles. The third-order valence-electron chi connectivity index (χ3n) is 5.83. The number of rotatable bonds is 4. The lowest BCUT2D eigenvalue weighted by Gasteiger charge is -2.24. The first-order valence-corrected chi connectivity index (χ1v) is 12.3. The molecule has 1 fully saturated rings. The summed E-state index contributed by atoms with van der Waals surface area (Å²) in [4.78, 5) is 12.3. The Labute approximate surface area is 186 Å². The van der Waals surface area contributed by atoms with Crippen LogP contribution in [0.15, 0.2) is 27.5 Å². The van der Waals surface area contributed by atoms with Gasteiger partial charge in [-0.1, -0.05) is 11.6 Å². The smallest absolute Gasteiger partial charge is 0.319 e. The van der Waals surface area contributed by atoms with E-state index >= 15 is 0 Å². The summed E-state index contributed by atoms with van der Waals surface area (Å²) in [6.45, 7) is 2.92. The zero-order valence-corrected chi connectivity index (χ0v) is 18.8. The standard InChI is InChI=1S/C21H26ClN3O5S/c1-12-10-13-4-2-6-17(19(13)30-12)25-21(27)24-16-8-7-15(22)20(18(16)26)31(28,29)14-5-3-9-23-11-14/h7-8,10,14,17,23,26H,2-6,9,11H2,1H3,(H2,24,25,27)/t14-,17-/m0/s1. The van der Waals surface area contributed by atoms with Crippen LogP contribution < -0.4 is 16.0 Å². The number of urea groups is 1. The Bertz CT molecular complexity index is 1090. The van der Waals surface area contributed by atoms with Crippen molar-refractivity contribution in [2.45, 2.75) is 55.2 Å². The predicted octanol–water partition coefficient (Wildman–Crippen LogP) is 3.67. The van der Waals surface area contributed by atoms with Crippen LogP contribution in [-0.2, 0) is 16.3 Å². The molecule has 2 atom stereocenters. The van der Waals surface area contributed by atoms with Crippen molar-refractivity contribution >= 4 is 33.2 Å². The average Bonchev–Trinajstić information content (AvgIpc) is 3.12. The first kappa shape index (κ1) is 22.0. The number of phenolic OH excluding ortho intramolecular Hbond substituents is 1. The summed E-state index contributed by atoms with van der Waals surface area (Å²) in [5.41, 5.74) is 1.06. The van der Waals surface area contributed by atoms with Gasteiger partial charge >= 0.3 is 6.03 Å². The molecule has 1 aliphatic carbocycles. The van der Waals surface area contributed by atoms with Crippen molar-refractivity contribution in [2.75, 3.05) is 18.4 Å². The number of hydrogen-bond acceptors (Lipinski definition) is 6. The maximum atomic E-state index is 13.1. The highest BCUT2D eigenvalue weighted by atomic mass is 35.5. The van der Waals surface area contributed by atoms with E-state index in [1.165, 1.54) is 12.1 Å². The fourth-order valence-electron chi connectivity index (χ4n) is 4.33. The molecule has 2 aliphatic rings. The summed E-state index contributed by atoms with van der Waals surface area (Å²) >= 11 is 6.16. The quantitative estimate of drug-likeness (QED) is 0.509. The average molecular weight is 468 g/mol. The SMILES string of the molecule is Cc1cc2c(o1)[C@@H](NC(=O)Nc1ccc(Cl)c(S(=O)(=O)[C@H]3CCCNC3)c1O)CCC2. The Morgan fingerprint density at radius 2 is 2.10 bits per heavy atom. The molecule has 168 valence electrons. The van der Waals surface area contributed by atoms with Crippen LogP contribution in [-0.4, -0.2) is 37.9 Å². The maximum absolute atomic E-state index is 13.1.